The fourth-order valence-electron chi connectivity index (χ4n) is 4.26. The third-order valence-electron chi connectivity index (χ3n) is 5.61. The summed E-state index contributed by atoms with van der Waals surface area (Å²) in [6, 6.07) is 1.28. The molecule has 0 saturated carbocycles. The summed E-state index contributed by atoms with van der Waals surface area (Å²) in [5.41, 5.74) is 0.196. The maximum Gasteiger partial charge on any atom is 0.416 e. The lowest BCUT2D eigenvalue weighted by atomic mass is 10.0. The Labute approximate surface area is 197 Å². The van der Waals surface area contributed by atoms with Crippen LogP contribution in [-0.2, 0) is 30.5 Å². The number of nitrogens with one attached hydrogen (secondary N) is 1. The molecule has 1 N–H and O–H groups in total. The minimum absolute atomic E-state index is 0.0351. The summed E-state index contributed by atoms with van der Waals surface area (Å²) >= 11 is 2.97. The number of carbonyl (C=O) groups excluding carboxylic acids is 2. The maximum absolute atomic E-state index is 13.7. The number of nitrogens with zero attached hydrogens (tertiary/aromatic N) is 4. The van der Waals surface area contributed by atoms with Crippen molar-refractivity contribution in [3.63, 3.8) is 0 Å². The molecule has 0 radical (unpaired) electrons. The molecule has 0 unspecified atom stereocenters. The van der Waals surface area contributed by atoms with Crippen LogP contribution in [0, 0.1) is 3.57 Å². The molecule has 1 atom stereocenters. The van der Waals surface area contributed by atoms with Crippen molar-refractivity contribution < 1.29 is 22.8 Å². The Kier molecular flexibility index (Phi) is 5.23. The Hall–Kier alpha value is -2.48. The lowest BCUT2D eigenvalue weighted by Crippen LogP contribution is -2.38. The fourth-order valence-corrected chi connectivity index (χ4v) is 5.42. The molecule has 0 spiro atoms. The summed E-state index contributed by atoms with van der Waals surface area (Å²) in [5, 5.41) is 4.71. The van der Waals surface area contributed by atoms with E-state index in [1.807, 2.05) is 4.57 Å². The molecule has 0 aliphatic carbocycles. The summed E-state index contributed by atoms with van der Waals surface area (Å²) in [7, 11) is 0. The van der Waals surface area contributed by atoms with E-state index in [1.54, 1.807) is 34.3 Å². The first-order valence-electron chi connectivity index (χ1n) is 9.69. The molecule has 0 bridgehead atoms. The van der Waals surface area contributed by atoms with E-state index in [-0.39, 0.29) is 17.7 Å². The van der Waals surface area contributed by atoms with Crippen molar-refractivity contribution >= 4 is 50.9 Å². The molecule has 5 rings (SSSR count). The summed E-state index contributed by atoms with van der Waals surface area (Å²) in [6.07, 6.45) is 0.0697. The second-order valence-electron chi connectivity index (χ2n) is 7.51. The fraction of sp³-hybridized carbons (Fsp3) is 0.300. The number of amides is 2. The zero-order chi connectivity index (χ0) is 22.6. The molecule has 2 aliphatic rings. The molecule has 1 aromatic carbocycles. The van der Waals surface area contributed by atoms with Gasteiger partial charge in [0.05, 0.1) is 17.6 Å². The highest BCUT2D eigenvalue weighted by Gasteiger charge is 2.45. The van der Waals surface area contributed by atoms with Crippen molar-refractivity contribution in [2.45, 2.75) is 38.1 Å². The van der Waals surface area contributed by atoms with Gasteiger partial charge in [0, 0.05) is 39.5 Å². The van der Waals surface area contributed by atoms with E-state index in [1.165, 1.54) is 28.5 Å². The highest BCUT2D eigenvalue weighted by Crippen LogP contribution is 2.41. The highest BCUT2D eigenvalue weighted by atomic mass is 127. The molecule has 7 nitrogen and oxygen atoms in total. The normalized spacial score (nSPS) is 16.2. The summed E-state index contributed by atoms with van der Waals surface area (Å²) < 4.78 is 43.3. The number of imidazole rings is 1. The minimum atomic E-state index is -4.62. The molecule has 12 heteroatoms. The van der Waals surface area contributed by atoms with Crippen LogP contribution >= 0.6 is 33.9 Å². The molecule has 2 amide bonds. The largest absolute Gasteiger partial charge is 0.416 e. The predicted molar refractivity (Wildman–Crippen MR) is 118 cm³/mol. The van der Waals surface area contributed by atoms with E-state index in [2.05, 4.69) is 15.3 Å². The van der Waals surface area contributed by atoms with Crippen LogP contribution < -0.4 is 5.32 Å². The van der Waals surface area contributed by atoms with E-state index in [0.29, 0.717) is 20.8 Å². The molecule has 32 heavy (non-hydrogen) atoms. The number of benzene rings is 1. The maximum atomic E-state index is 13.7. The van der Waals surface area contributed by atoms with Crippen LogP contribution in [0.25, 0.3) is 0 Å². The van der Waals surface area contributed by atoms with Crippen LogP contribution in [0.5, 0.6) is 0 Å². The van der Waals surface area contributed by atoms with Gasteiger partial charge >= 0.3 is 6.18 Å². The van der Waals surface area contributed by atoms with Gasteiger partial charge in [0.15, 0.2) is 11.2 Å². The summed E-state index contributed by atoms with van der Waals surface area (Å²) in [5.74, 6) is -1.18. The number of fused-ring (bicyclic) bond motifs is 2. The van der Waals surface area contributed by atoms with Crippen LogP contribution in [0.2, 0.25) is 0 Å². The SMILES string of the molecule is O=C(Nc1nccs1)[C@@H](c1ncn2c1CCC2)N1Cc2c(cc(I)cc2C(F)(F)F)C1=O. The quantitative estimate of drug-likeness (QED) is 0.474. The van der Waals surface area contributed by atoms with E-state index < -0.39 is 29.6 Å². The molecule has 2 aromatic heterocycles. The van der Waals surface area contributed by atoms with E-state index >= 15 is 0 Å². The Morgan fingerprint density at radius 3 is 2.81 bits per heavy atom. The Balaban J connectivity index is 1.59. The number of halogens is 4. The van der Waals surface area contributed by atoms with Crippen LogP contribution in [-0.4, -0.2) is 31.2 Å². The van der Waals surface area contributed by atoms with Gasteiger partial charge in [-0.2, -0.15) is 13.2 Å². The van der Waals surface area contributed by atoms with Gasteiger partial charge < -0.3 is 9.47 Å². The van der Waals surface area contributed by atoms with Gasteiger partial charge in [-0.15, -0.1) is 11.3 Å². The zero-order valence-electron chi connectivity index (χ0n) is 16.3. The number of hydrogen-bond donors (Lipinski definition) is 1. The first-order valence-corrected chi connectivity index (χ1v) is 11.6. The Morgan fingerprint density at radius 1 is 1.28 bits per heavy atom. The van der Waals surface area contributed by atoms with Crippen molar-refractivity contribution in [1.29, 1.82) is 0 Å². The number of anilines is 1. The summed E-state index contributed by atoms with van der Waals surface area (Å²) in [4.78, 5) is 36.2. The highest BCUT2D eigenvalue weighted by molar-refractivity contribution is 14.1. The molecular formula is C20H15F3IN5O2S. The van der Waals surface area contributed by atoms with Crippen LogP contribution in [0.15, 0.2) is 30.0 Å². The van der Waals surface area contributed by atoms with Crippen molar-refractivity contribution in [2.75, 3.05) is 5.32 Å². The summed E-state index contributed by atoms with van der Waals surface area (Å²) in [6.45, 7) is 0.413. The van der Waals surface area contributed by atoms with Crippen molar-refractivity contribution in [3.05, 3.63) is 61.7 Å². The van der Waals surface area contributed by atoms with Gasteiger partial charge in [-0.3, -0.25) is 14.9 Å². The standard InChI is InChI=1S/C20H15F3IN5O2S/c21-20(22,23)13-7-10(24)6-11-12(13)8-29(18(11)31)16(17(30)27-19-25-3-5-32-19)15-14-2-1-4-28(14)9-26-15/h3,5-7,9,16H,1-2,4,8H2,(H,25,27,30)/t16-/m1/s1. The number of thiazole rings is 1. The number of aryl methyl sites for hydroxylation is 1. The van der Waals surface area contributed by atoms with Gasteiger partial charge in [-0.1, -0.05) is 0 Å². The van der Waals surface area contributed by atoms with Crippen molar-refractivity contribution in [2.24, 2.45) is 0 Å². The first kappa shape index (κ1) is 21.4. The second kappa shape index (κ2) is 7.83. The zero-order valence-corrected chi connectivity index (χ0v) is 19.3. The van der Waals surface area contributed by atoms with E-state index in [9.17, 15) is 22.8 Å². The molecule has 3 aromatic rings. The topological polar surface area (TPSA) is 80.1 Å². The minimum Gasteiger partial charge on any atom is -0.334 e. The lowest BCUT2D eigenvalue weighted by molar-refractivity contribution is -0.138. The van der Waals surface area contributed by atoms with Gasteiger partial charge in [-0.05, 0) is 53.1 Å². The number of aromatic nitrogens is 3. The van der Waals surface area contributed by atoms with Gasteiger partial charge in [0.25, 0.3) is 11.8 Å². The number of carbonyl (C=O) groups is 2. The average molecular weight is 573 g/mol. The number of hydrogen-bond acceptors (Lipinski definition) is 5. The molecule has 2 aliphatic heterocycles. The molecule has 0 fully saturated rings. The predicted octanol–water partition coefficient (Wildman–Crippen LogP) is 4.25. The first-order chi connectivity index (χ1) is 15.2. The molecule has 166 valence electrons. The third-order valence-corrected chi connectivity index (χ3v) is 6.92. The van der Waals surface area contributed by atoms with Crippen LogP contribution in [0.1, 0.15) is 45.3 Å². The second-order valence-corrected chi connectivity index (χ2v) is 9.65. The molecule has 0 saturated heterocycles. The van der Waals surface area contributed by atoms with Crippen molar-refractivity contribution in [1.82, 2.24) is 19.4 Å². The van der Waals surface area contributed by atoms with Gasteiger partial charge in [0.2, 0.25) is 0 Å². The van der Waals surface area contributed by atoms with Crippen LogP contribution in [0.4, 0.5) is 18.3 Å². The molecule has 4 heterocycles. The number of rotatable bonds is 4. The smallest absolute Gasteiger partial charge is 0.334 e. The van der Waals surface area contributed by atoms with Gasteiger partial charge in [-0.25, -0.2) is 9.97 Å². The van der Waals surface area contributed by atoms with Crippen molar-refractivity contribution in [3.8, 4) is 0 Å². The number of alkyl halides is 3. The van der Waals surface area contributed by atoms with Gasteiger partial charge in [0.1, 0.15) is 0 Å². The monoisotopic (exact) mass is 573 g/mol. The van der Waals surface area contributed by atoms with E-state index in [0.717, 1.165) is 24.7 Å². The third kappa shape index (κ3) is 3.58. The average Bonchev–Trinajstić information content (AvgIpc) is 3.49. The Bertz CT molecular complexity index is 1220. The lowest BCUT2D eigenvalue weighted by Gasteiger charge is -2.26. The van der Waals surface area contributed by atoms with Crippen LogP contribution in [0.3, 0.4) is 0 Å². The Morgan fingerprint density at radius 2 is 2.09 bits per heavy atom. The molecular weight excluding hydrogens is 558 g/mol. The van der Waals surface area contributed by atoms with E-state index in [4.69, 9.17) is 0 Å².